The van der Waals surface area contributed by atoms with Gasteiger partial charge in [0.15, 0.2) is 0 Å². The van der Waals surface area contributed by atoms with Gasteiger partial charge in [0.1, 0.15) is 12.2 Å². The lowest BCUT2D eigenvalue weighted by Gasteiger charge is -2.10. The van der Waals surface area contributed by atoms with Crippen LogP contribution in [0.25, 0.3) is 0 Å². The summed E-state index contributed by atoms with van der Waals surface area (Å²) in [4.78, 5) is 4.05. The van der Waals surface area contributed by atoms with Crippen molar-refractivity contribution in [1.82, 2.24) is 15.2 Å². The Balaban J connectivity index is 1.82. The van der Waals surface area contributed by atoms with Crippen molar-refractivity contribution in [3.63, 3.8) is 0 Å². The first-order valence-corrected chi connectivity index (χ1v) is 5.77. The van der Waals surface area contributed by atoms with Crippen molar-refractivity contribution >= 4 is 23.0 Å². The van der Waals surface area contributed by atoms with E-state index in [2.05, 4.69) is 20.5 Å². The molecule has 17 heavy (non-hydrogen) atoms. The van der Waals surface area contributed by atoms with Crippen molar-refractivity contribution in [3.8, 4) is 0 Å². The number of aryl methyl sites for hydroxylation is 1. The highest BCUT2D eigenvalue weighted by atomic mass is 35.5. The van der Waals surface area contributed by atoms with Gasteiger partial charge in [-0.3, -0.25) is 5.10 Å². The molecule has 1 heterocycles. The second-order valence-electron chi connectivity index (χ2n) is 3.67. The number of H-pyrrole nitrogens is 1. The van der Waals surface area contributed by atoms with Crippen LogP contribution < -0.4 is 11.1 Å². The van der Waals surface area contributed by atoms with Gasteiger partial charge < -0.3 is 11.1 Å². The van der Waals surface area contributed by atoms with Crippen molar-refractivity contribution in [3.05, 3.63) is 35.4 Å². The lowest BCUT2D eigenvalue weighted by atomic mass is 10.2. The highest BCUT2D eigenvalue weighted by Gasteiger charge is 2.03. The van der Waals surface area contributed by atoms with E-state index in [-0.39, 0.29) is 0 Å². The van der Waals surface area contributed by atoms with Crippen LogP contribution in [0.4, 0.5) is 11.4 Å². The maximum absolute atomic E-state index is 6.04. The van der Waals surface area contributed by atoms with Gasteiger partial charge in [-0.05, 0) is 18.6 Å². The van der Waals surface area contributed by atoms with Crippen LogP contribution in [-0.4, -0.2) is 21.7 Å². The Hall–Kier alpha value is -1.75. The van der Waals surface area contributed by atoms with Crippen molar-refractivity contribution in [2.75, 3.05) is 17.6 Å². The van der Waals surface area contributed by atoms with Gasteiger partial charge >= 0.3 is 0 Å². The zero-order valence-corrected chi connectivity index (χ0v) is 10.0. The summed E-state index contributed by atoms with van der Waals surface area (Å²) in [5, 5.41) is 10.5. The van der Waals surface area contributed by atoms with Crippen LogP contribution in [0.2, 0.25) is 5.02 Å². The number of nitrogen functional groups attached to an aromatic ring is 1. The minimum atomic E-state index is 0.643. The van der Waals surface area contributed by atoms with E-state index in [1.54, 1.807) is 0 Å². The fourth-order valence-electron chi connectivity index (χ4n) is 1.55. The van der Waals surface area contributed by atoms with Crippen molar-refractivity contribution in [2.45, 2.75) is 12.8 Å². The Morgan fingerprint density at radius 3 is 3.00 bits per heavy atom. The fraction of sp³-hybridized carbons (Fsp3) is 0.273. The Morgan fingerprint density at radius 2 is 2.29 bits per heavy atom. The molecule has 0 amide bonds. The second kappa shape index (κ2) is 5.54. The summed E-state index contributed by atoms with van der Waals surface area (Å²) >= 11 is 6.04. The summed E-state index contributed by atoms with van der Waals surface area (Å²) < 4.78 is 0. The van der Waals surface area contributed by atoms with E-state index < -0.39 is 0 Å². The van der Waals surface area contributed by atoms with Crippen LogP contribution in [0, 0.1) is 0 Å². The quantitative estimate of drug-likeness (QED) is 0.562. The number of halogens is 1. The predicted molar refractivity (Wildman–Crippen MR) is 69.1 cm³/mol. The number of aromatic amines is 1. The van der Waals surface area contributed by atoms with Crippen LogP contribution in [-0.2, 0) is 6.42 Å². The first kappa shape index (κ1) is 11.7. The molecule has 1 aromatic heterocycles. The van der Waals surface area contributed by atoms with E-state index in [1.807, 2.05) is 18.2 Å². The lowest BCUT2D eigenvalue weighted by Crippen LogP contribution is -2.06. The van der Waals surface area contributed by atoms with Gasteiger partial charge in [0.25, 0.3) is 0 Å². The van der Waals surface area contributed by atoms with E-state index >= 15 is 0 Å². The van der Waals surface area contributed by atoms with Crippen molar-refractivity contribution < 1.29 is 0 Å². The minimum absolute atomic E-state index is 0.643. The largest absolute Gasteiger partial charge is 0.397 e. The number of hydrogen-bond donors (Lipinski definition) is 3. The van der Waals surface area contributed by atoms with Crippen LogP contribution in [0.3, 0.4) is 0 Å². The van der Waals surface area contributed by atoms with Crippen LogP contribution in [0.1, 0.15) is 12.2 Å². The molecule has 0 aliphatic heterocycles. The first-order chi connectivity index (χ1) is 8.27. The molecule has 0 atom stereocenters. The maximum Gasteiger partial charge on any atom is 0.137 e. The van der Waals surface area contributed by atoms with E-state index in [0.717, 1.165) is 30.9 Å². The minimum Gasteiger partial charge on any atom is -0.397 e. The third-order valence-corrected chi connectivity index (χ3v) is 2.72. The average molecular weight is 252 g/mol. The third kappa shape index (κ3) is 3.10. The van der Waals surface area contributed by atoms with E-state index in [9.17, 15) is 0 Å². The Kier molecular flexibility index (Phi) is 3.82. The van der Waals surface area contributed by atoms with E-state index in [1.165, 1.54) is 6.33 Å². The van der Waals surface area contributed by atoms with Gasteiger partial charge in [0.2, 0.25) is 0 Å². The van der Waals surface area contributed by atoms with Gasteiger partial charge in [-0.1, -0.05) is 17.7 Å². The smallest absolute Gasteiger partial charge is 0.137 e. The molecule has 4 N–H and O–H groups in total. The lowest BCUT2D eigenvalue weighted by molar-refractivity contribution is 0.806. The monoisotopic (exact) mass is 251 g/mol. The topological polar surface area (TPSA) is 79.6 Å². The predicted octanol–water partition coefficient (Wildman–Crippen LogP) is 2.08. The highest BCUT2D eigenvalue weighted by molar-refractivity contribution is 6.33. The van der Waals surface area contributed by atoms with Gasteiger partial charge in [-0.15, -0.1) is 0 Å². The highest BCUT2D eigenvalue weighted by Crippen LogP contribution is 2.27. The molecular weight excluding hydrogens is 238 g/mol. The molecule has 2 rings (SSSR count). The number of nitrogens with two attached hydrogens (primary N) is 1. The molecule has 0 bridgehead atoms. The average Bonchev–Trinajstić information content (AvgIpc) is 2.80. The molecule has 2 aromatic rings. The van der Waals surface area contributed by atoms with Crippen LogP contribution in [0.5, 0.6) is 0 Å². The van der Waals surface area contributed by atoms with Crippen LogP contribution >= 0.6 is 11.6 Å². The normalized spacial score (nSPS) is 10.4. The molecule has 0 saturated carbocycles. The molecule has 0 aliphatic carbocycles. The molecule has 0 radical (unpaired) electrons. The molecular formula is C11H14ClN5. The number of hydrogen-bond acceptors (Lipinski definition) is 4. The molecule has 6 heteroatoms. The molecule has 5 nitrogen and oxygen atoms in total. The zero-order chi connectivity index (χ0) is 12.1. The van der Waals surface area contributed by atoms with E-state index in [4.69, 9.17) is 17.3 Å². The van der Waals surface area contributed by atoms with Gasteiger partial charge in [-0.2, -0.15) is 5.10 Å². The molecule has 0 fully saturated rings. The summed E-state index contributed by atoms with van der Waals surface area (Å²) in [5.41, 5.74) is 7.28. The third-order valence-electron chi connectivity index (χ3n) is 2.40. The standard InChI is InChI=1S/C11H14ClN5/c12-8-3-1-4-9(13)11(8)14-6-2-5-10-15-7-16-17-10/h1,3-4,7,14H,2,5-6,13H2,(H,15,16,17). The maximum atomic E-state index is 6.04. The number of rotatable bonds is 5. The van der Waals surface area contributed by atoms with Crippen molar-refractivity contribution in [1.29, 1.82) is 0 Å². The molecule has 0 unspecified atom stereocenters. The number of benzene rings is 1. The molecule has 1 aromatic carbocycles. The molecule has 90 valence electrons. The van der Waals surface area contributed by atoms with E-state index in [0.29, 0.717) is 10.7 Å². The number of aromatic nitrogens is 3. The molecule has 0 saturated heterocycles. The van der Waals surface area contributed by atoms with Crippen LogP contribution in [0.15, 0.2) is 24.5 Å². The number of nitrogens with zero attached hydrogens (tertiary/aromatic N) is 2. The summed E-state index contributed by atoms with van der Waals surface area (Å²) in [6.07, 6.45) is 3.28. The van der Waals surface area contributed by atoms with Gasteiger partial charge in [0, 0.05) is 13.0 Å². The summed E-state index contributed by atoms with van der Waals surface area (Å²) in [6, 6.07) is 5.47. The Morgan fingerprint density at radius 1 is 1.41 bits per heavy atom. The van der Waals surface area contributed by atoms with Gasteiger partial charge in [0.05, 0.1) is 16.4 Å². The Bertz CT molecular complexity index is 448. The fourth-order valence-corrected chi connectivity index (χ4v) is 1.80. The number of nitrogens with one attached hydrogen (secondary N) is 2. The second-order valence-corrected chi connectivity index (χ2v) is 4.07. The van der Waals surface area contributed by atoms with Gasteiger partial charge in [-0.25, -0.2) is 4.98 Å². The number of para-hydroxylation sites is 1. The summed E-state index contributed by atoms with van der Waals surface area (Å²) in [5.74, 6) is 0.888. The molecule has 0 aliphatic rings. The summed E-state index contributed by atoms with van der Waals surface area (Å²) in [6.45, 7) is 0.786. The first-order valence-electron chi connectivity index (χ1n) is 5.39. The SMILES string of the molecule is Nc1cccc(Cl)c1NCCCc1ncn[nH]1. The Labute approximate surface area is 104 Å². The number of anilines is 2. The molecule has 0 spiro atoms. The summed E-state index contributed by atoms with van der Waals surface area (Å²) in [7, 11) is 0. The zero-order valence-electron chi connectivity index (χ0n) is 9.28. The van der Waals surface area contributed by atoms with Crippen molar-refractivity contribution in [2.24, 2.45) is 0 Å².